The van der Waals surface area contributed by atoms with E-state index in [2.05, 4.69) is 30.7 Å². The number of amides is 3. The van der Waals surface area contributed by atoms with E-state index in [1.165, 1.54) is 24.3 Å². The molecule has 0 bridgehead atoms. The van der Waals surface area contributed by atoms with Crippen molar-refractivity contribution in [3.63, 3.8) is 0 Å². The number of rotatable bonds is 11. The molecule has 4 rings (SSSR count). The smallest absolute Gasteiger partial charge is 0.408 e. The number of nitrogens with one attached hydrogen (secondary N) is 3. The van der Waals surface area contributed by atoms with Gasteiger partial charge in [0.1, 0.15) is 46.6 Å². The largest absolute Gasteiger partial charge is 0.480 e. The molecule has 0 spiro atoms. The highest BCUT2D eigenvalue weighted by Gasteiger charge is 2.29. The molecule has 2 aromatic rings. The second-order valence-corrected chi connectivity index (χ2v) is 16.8. The lowest BCUT2D eigenvalue weighted by molar-refractivity contribution is -0.140. The summed E-state index contributed by atoms with van der Waals surface area (Å²) in [5.74, 6) is -0.851. The number of carboxylic acid groups (broad SMARTS) is 1. The lowest BCUT2D eigenvalue weighted by atomic mass is 9.92. The minimum absolute atomic E-state index is 0. The normalized spacial score (nSPS) is 15.1. The first-order valence-electron chi connectivity index (χ1n) is 19.9. The molecule has 0 saturated carbocycles. The Kier molecular flexibility index (Phi) is 27.5. The third-order valence-electron chi connectivity index (χ3n) is 8.08. The van der Waals surface area contributed by atoms with E-state index in [4.69, 9.17) is 41.4 Å². The summed E-state index contributed by atoms with van der Waals surface area (Å²) in [6.45, 7) is 17.4. The van der Waals surface area contributed by atoms with E-state index in [-0.39, 0.29) is 35.9 Å². The highest BCUT2D eigenvalue weighted by Crippen LogP contribution is 2.22. The molecule has 0 aliphatic carbocycles. The summed E-state index contributed by atoms with van der Waals surface area (Å²) in [6.07, 6.45) is 4.96. The number of carboxylic acids is 1. The van der Waals surface area contributed by atoms with Gasteiger partial charge in [-0.05, 0) is 122 Å². The van der Waals surface area contributed by atoms with Gasteiger partial charge >= 0.3 is 23.6 Å². The Bertz CT molecular complexity index is 1600. The van der Waals surface area contributed by atoms with Crippen LogP contribution >= 0.6 is 24.0 Å². The van der Waals surface area contributed by atoms with Crippen molar-refractivity contribution in [2.75, 3.05) is 44.1 Å². The van der Waals surface area contributed by atoms with E-state index in [1.54, 1.807) is 41.5 Å². The molecule has 2 fully saturated rings. The molecule has 2 saturated heterocycles. The standard InChI is InChI=1S/C18H26FN3O4.C13H23NO5.C5H9ClO2.C5H5FN2.ClH/c1-18(2,3)26-17(24)21-14(10-12-6-8-25-9-7-12)16(23)22-15-5-4-13(19)11-20-15;1-13(2,3)19-12(17)14-10(11(15)16)8-9-4-6-18-7-5-9;1-4(2)3-8-5(6)7;6-4-1-2-5(7)8-3-4;/h4-5,11-12,14H,6-10H2,1-3H3,(H,21,24)(H,20,22,23);9-10H,4-8H2,1-3H3,(H,14,17)(H,15,16);4H,3H2,1-2H3;1-3H,(H2,7,8);1H. The first-order chi connectivity index (χ1) is 28.4. The zero-order valence-corrected chi connectivity index (χ0v) is 38.2. The van der Waals surface area contributed by atoms with Crippen LogP contribution in [0.3, 0.4) is 0 Å². The number of pyridine rings is 2. The van der Waals surface area contributed by atoms with Gasteiger partial charge in [-0.1, -0.05) is 13.8 Å². The second-order valence-electron chi connectivity index (χ2n) is 16.5. The Labute approximate surface area is 373 Å². The molecule has 2 aliphatic heterocycles. The fourth-order valence-electron chi connectivity index (χ4n) is 5.27. The van der Waals surface area contributed by atoms with E-state index in [1.807, 2.05) is 13.8 Å². The SMILES string of the molecule is CC(C)(C)OC(=O)NC(CC1CCOCC1)C(=O)Nc1ccc(F)cn1.CC(C)(C)OC(=O)NC(CC1CCOCC1)C(=O)O.CC(C)COC(=O)Cl.Cl.Nc1ccc(F)cn1. The van der Waals surface area contributed by atoms with Crippen LogP contribution in [0.2, 0.25) is 0 Å². The molecule has 6 N–H and O–H groups in total. The highest BCUT2D eigenvalue weighted by molar-refractivity contribution is 6.61. The van der Waals surface area contributed by atoms with Gasteiger partial charge in [0.05, 0.1) is 19.0 Å². The summed E-state index contributed by atoms with van der Waals surface area (Å²) in [5.41, 5.74) is 3.13. The fourth-order valence-corrected chi connectivity index (χ4v) is 5.33. The van der Waals surface area contributed by atoms with Gasteiger partial charge in [-0.3, -0.25) is 4.79 Å². The average Bonchev–Trinajstić information content (AvgIpc) is 3.15. The molecule has 62 heavy (non-hydrogen) atoms. The maximum atomic E-state index is 13.0. The lowest BCUT2D eigenvalue weighted by Crippen LogP contribution is -2.47. The first-order valence-corrected chi connectivity index (χ1v) is 20.3. The number of hydrogen-bond acceptors (Lipinski definition) is 13. The van der Waals surface area contributed by atoms with Crippen LogP contribution in [0.4, 0.5) is 34.8 Å². The topological polar surface area (TPSA) is 240 Å². The summed E-state index contributed by atoms with van der Waals surface area (Å²) >= 11 is 4.86. The van der Waals surface area contributed by atoms with E-state index < -0.39 is 58.6 Å². The summed E-state index contributed by atoms with van der Waals surface area (Å²) in [6, 6.07) is 3.57. The van der Waals surface area contributed by atoms with Crippen molar-refractivity contribution >= 4 is 65.1 Å². The zero-order valence-electron chi connectivity index (χ0n) is 36.7. The van der Waals surface area contributed by atoms with Crippen LogP contribution in [-0.4, -0.2) is 101 Å². The van der Waals surface area contributed by atoms with Gasteiger partial charge in [0.2, 0.25) is 5.91 Å². The number of halogens is 4. The number of carbonyl (C=O) groups excluding carboxylic acids is 4. The summed E-state index contributed by atoms with van der Waals surface area (Å²) in [4.78, 5) is 64.7. The maximum absolute atomic E-state index is 13.0. The fraction of sp³-hybridized carbons (Fsp3) is 0.634. The molecule has 17 nitrogen and oxygen atoms in total. The number of alkyl carbamates (subject to hydrolysis) is 2. The predicted octanol–water partition coefficient (Wildman–Crippen LogP) is 7.89. The van der Waals surface area contributed by atoms with Gasteiger partial charge in [0.15, 0.2) is 0 Å². The molecule has 2 unspecified atom stereocenters. The third-order valence-corrected chi connectivity index (χ3v) is 8.18. The van der Waals surface area contributed by atoms with Crippen LogP contribution in [0.25, 0.3) is 0 Å². The van der Waals surface area contributed by atoms with E-state index in [9.17, 15) is 32.8 Å². The molecule has 352 valence electrons. The van der Waals surface area contributed by atoms with Crippen molar-refractivity contribution in [2.45, 2.75) is 117 Å². The Balaban J connectivity index is 0.000000896. The number of nitrogen functional groups attached to an aromatic ring is 1. The number of anilines is 2. The summed E-state index contributed by atoms with van der Waals surface area (Å²) in [5, 5.41) is 16.8. The van der Waals surface area contributed by atoms with Crippen molar-refractivity contribution in [1.29, 1.82) is 0 Å². The number of nitrogens with zero attached hydrogens (tertiary/aromatic N) is 2. The van der Waals surface area contributed by atoms with Gasteiger partial charge in [0.25, 0.3) is 0 Å². The van der Waals surface area contributed by atoms with Gasteiger partial charge in [-0.2, -0.15) is 0 Å². The molecule has 3 amide bonds. The minimum Gasteiger partial charge on any atom is -0.480 e. The van der Waals surface area contributed by atoms with Crippen molar-refractivity contribution in [2.24, 2.45) is 17.8 Å². The van der Waals surface area contributed by atoms with Gasteiger partial charge in [-0.15, -0.1) is 12.4 Å². The number of aromatic nitrogens is 2. The summed E-state index contributed by atoms with van der Waals surface area (Å²) in [7, 11) is 0. The molecule has 0 aromatic carbocycles. The Morgan fingerprint density at radius 1 is 0.790 bits per heavy atom. The van der Waals surface area contributed by atoms with Crippen molar-refractivity contribution in [3.05, 3.63) is 48.3 Å². The zero-order chi connectivity index (χ0) is 46.2. The van der Waals surface area contributed by atoms with E-state index >= 15 is 0 Å². The monoisotopic (exact) mass is 924 g/mol. The average molecular weight is 926 g/mol. The quantitative estimate of drug-likeness (QED) is 0.106. The number of ether oxygens (including phenoxy) is 5. The molecule has 21 heteroatoms. The maximum Gasteiger partial charge on any atom is 0.408 e. The van der Waals surface area contributed by atoms with Gasteiger partial charge in [0, 0.05) is 38.0 Å². The third kappa shape index (κ3) is 29.6. The number of carbonyl (C=O) groups is 5. The van der Waals surface area contributed by atoms with Crippen molar-refractivity contribution in [3.8, 4) is 0 Å². The van der Waals surface area contributed by atoms with Crippen LogP contribution in [0.1, 0.15) is 93.9 Å². The van der Waals surface area contributed by atoms with Crippen LogP contribution in [0, 0.1) is 29.4 Å². The van der Waals surface area contributed by atoms with E-state index in [0.29, 0.717) is 57.6 Å². The van der Waals surface area contributed by atoms with Crippen molar-refractivity contribution < 1.29 is 61.5 Å². The van der Waals surface area contributed by atoms with Crippen LogP contribution < -0.4 is 21.7 Å². The highest BCUT2D eigenvalue weighted by atomic mass is 35.5. The Morgan fingerprint density at radius 3 is 1.56 bits per heavy atom. The van der Waals surface area contributed by atoms with Gasteiger partial charge in [-0.25, -0.2) is 37.9 Å². The van der Waals surface area contributed by atoms with Crippen molar-refractivity contribution in [1.82, 2.24) is 20.6 Å². The second kappa shape index (κ2) is 29.7. The Hall–Kier alpha value is -4.59. The van der Waals surface area contributed by atoms with Crippen LogP contribution in [0.15, 0.2) is 36.7 Å². The van der Waals surface area contributed by atoms with Crippen LogP contribution in [0.5, 0.6) is 0 Å². The number of nitrogens with two attached hydrogens (primary N) is 1. The number of aliphatic carboxylic acids is 1. The molecule has 2 aliphatic rings. The molecule has 0 radical (unpaired) electrons. The lowest BCUT2D eigenvalue weighted by Gasteiger charge is -2.27. The van der Waals surface area contributed by atoms with E-state index in [0.717, 1.165) is 38.1 Å². The van der Waals surface area contributed by atoms with Crippen LogP contribution in [-0.2, 0) is 33.3 Å². The molecule has 4 heterocycles. The molecule has 2 aromatic heterocycles. The molecule has 2 atom stereocenters. The molecular formula is C41H64Cl2F2N6O11. The Morgan fingerprint density at radius 2 is 1.23 bits per heavy atom. The predicted molar refractivity (Wildman–Crippen MR) is 231 cm³/mol. The first kappa shape index (κ1) is 57.4. The van der Waals surface area contributed by atoms with Gasteiger partial charge < -0.3 is 50.5 Å². The number of hydrogen-bond donors (Lipinski definition) is 5. The molecular weight excluding hydrogens is 861 g/mol. The minimum atomic E-state index is -1.03. The summed E-state index contributed by atoms with van der Waals surface area (Å²) < 4.78 is 50.2.